The summed E-state index contributed by atoms with van der Waals surface area (Å²) in [6.45, 7) is 8.76. The number of fused-ring (bicyclic) bond motifs is 1. The number of benzene rings is 1. The van der Waals surface area contributed by atoms with Crippen molar-refractivity contribution in [2.75, 3.05) is 28.8 Å². The number of anilines is 4. The summed E-state index contributed by atoms with van der Waals surface area (Å²) in [4.78, 5) is 18.2. The molecular weight excluding hydrogens is 324 g/mol. The molecule has 0 fully saturated rings. The smallest absolute Gasteiger partial charge is 0.178 e. The first-order valence-electron chi connectivity index (χ1n) is 9.03. The molecule has 0 spiro atoms. The summed E-state index contributed by atoms with van der Waals surface area (Å²) < 4.78 is 0. The number of hydrogen-bond donors (Lipinski definition) is 0. The Balaban J connectivity index is 1.85. The Labute approximate surface area is 155 Å². The second kappa shape index (κ2) is 5.90. The molecule has 0 amide bonds. The molecular formula is C20H26N6. The van der Waals surface area contributed by atoms with Crippen molar-refractivity contribution in [1.29, 1.82) is 0 Å². The maximum absolute atomic E-state index is 4.63. The highest BCUT2D eigenvalue weighted by atomic mass is 15.5. The van der Waals surface area contributed by atoms with E-state index in [0.29, 0.717) is 6.17 Å². The normalized spacial score (nSPS) is 21.8. The lowest BCUT2D eigenvalue weighted by atomic mass is 10.1. The Morgan fingerprint density at radius 1 is 0.846 bits per heavy atom. The predicted octanol–water partition coefficient (Wildman–Crippen LogP) is 3.60. The van der Waals surface area contributed by atoms with Crippen molar-refractivity contribution in [3.63, 3.8) is 0 Å². The van der Waals surface area contributed by atoms with Crippen LogP contribution in [0.5, 0.6) is 0 Å². The average molecular weight is 350 g/mol. The van der Waals surface area contributed by atoms with Crippen LogP contribution in [-0.2, 0) is 0 Å². The third-order valence-corrected chi connectivity index (χ3v) is 5.65. The molecule has 0 unspecified atom stereocenters. The molecule has 26 heavy (non-hydrogen) atoms. The molecule has 0 saturated carbocycles. The minimum Gasteiger partial charge on any atom is -0.359 e. The second-order valence-electron chi connectivity index (χ2n) is 7.25. The van der Waals surface area contributed by atoms with Gasteiger partial charge in [0.1, 0.15) is 12.3 Å². The van der Waals surface area contributed by atoms with Crippen LogP contribution in [-0.4, -0.2) is 41.3 Å². The first-order valence-corrected chi connectivity index (χ1v) is 9.03. The molecule has 0 saturated heterocycles. The fourth-order valence-corrected chi connectivity index (χ4v) is 3.83. The third kappa shape index (κ3) is 2.32. The van der Waals surface area contributed by atoms with E-state index < -0.39 is 0 Å². The molecule has 0 bridgehead atoms. The van der Waals surface area contributed by atoms with E-state index >= 15 is 0 Å². The Bertz CT molecular complexity index is 877. The molecule has 0 N–H and O–H groups in total. The molecule has 1 aromatic heterocycles. The minimum atomic E-state index is 0.162. The summed E-state index contributed by atoms with van der Waals surface area (Å²) in [5.74, 6) is 1.85. The molecule has 1 aromatic carbocycles. The van der Waals surface area contributed by atoms with E-state index in [1.165, 1.54) is 22.5 Å². The highest BCUT2D eigenvalue weighted by Gasteiger charge is 2.35. The largest absolute Gasteiger partial charge is 0.359 e. The summed E-state index contributed by atoms with van der Waals surface area (Å²) in [7, 11) is 4.18. The van der Waals surface area contributed by atoms with Gasteiger partial charge in [0.15, 0.2) is 11.6 Å². The molecule has 2 aliphatic heterocycles. The number of nitrogens with zero attached hydrogens (tertiary/aromatic N) is 6. The molecule has 0 radical (unpaired) electrons. The van der Waals surface area contributed by atoms with E-state index in [4.69, 9.17) is 0 Å². The lowest BCUT2D eigenvalue weighted by molar-refractivity contribution is 0.383. The lowest BCUT2D eigenvalue weighted by Gasteiger charge is -2.32. The Morgan fingerprint density at radius 3 is 2.15 bits per heavy atom. The molecule has 6 heteroatoms. The van der Waals surface area contributed by atoms with Gasteiger partial charge in [-0.15, -0.1) is 0 Å². The first kappa shape index (κ1) is 16.7. The van der Waals surface area contributed by atoms with Crippen molar-refractivity contribution in [2.45, 2.75) is 40.0 Å². The zero-order valence-electron chi connectivity index (χ0n) is 16.3. The zero-order chi connectivity index (χ0) is 18.6. The second-order valence-corrected chi connectivity index (χ2v) is 7.25. The van der Waals surface area contributed by atoms with Crippen LogP contribution in [0.15, 0.2) is 36.9 Å². The van der Waals surface area contributed by atoms with Crippen LogP contribution >= 0.6 is 0 Å². The molecule has 2 atom stereocenters. The average Bonchev–Trinajstić information content (AvgIpc) is 3.08. The molecule has 2 aliphatic rings. The Hall–Kier alpha value is -2.76. The number of hydrogen-bond acceptors (Lipinski definition) is 6. The van der Waals surface area contributed by atoms with Gasteiger partial charge < -0.3 is 19.6 Å². The fourth-order valence-electron chi connectivity index (χ4n) is 3.83. The van der Waals surface area contributed by atoms with Gasteiger partial charge in [0.2, 0.25) is 0 Å². The molecule has 2 aromatic rings. The first-order chi connectivity index (χ1) is 12.4. The van der Waals surface area contributed by atoms with E-state index in [9.17, 15) is 0 Å². The van der Waals surface area contributed by atoms with Crippen molar-refractivity contribution >= 4 is 23.0 Å². The van der Waals surface area contributed by atoms with E-state index in [0.717, 1.165) is 11.6 Å². The molecule has 6 nitrogen and oxygen atoms in total. The quantitative estimate of drug-likeness (QED) is 0.824. The minimum absolute atomic E-state index is 0.162. The van der Waals surface area contributed by atoms with Crippen molar-refractivity contribution in [2.24, 2.45) is 0 Å². The topological polar surface area (TPSA) is 38.7 Å². The van der Waals surface area contributed by atoms with Crippen LogP contribution in [0, 0.1) is 13.8 Å². The molecule has 4 rings (SSSR count). The zero-order valence-corrected chi connectivity index (χ0v) is 16.3. The van der Waals surface area contributed by atoms with Gasteiger partial charge in [-0.25, -0.2) is 9.97 Å². The van der Waals surface area contributed by atoms with Crippen molar-refractivity contribution in [1.82, 2.24) is 14.9 Å². The summed E-state index contributed by atoms with van der Waals surface area (Å²) in [5, 5.41) is 0. The fraction of sp³-hybridized carbons (Fsp3) is 0.400. The van der Waals surface area contributed by atoms with Crippen molar-refractivity contribution in [3.05, 3.63) is 48.1 Å². The maximum Gasteiger partial charge on any atom is 0.178 e. The van der Waals surface area contributed by atoms with Gasteiger partial charge in [-0.2, -0.15) is 0 Å². The van der Waals surface area contributed by atoms with Crippen LogP contribution in [0.1, 0.15) is 25.0 Å². The summed E-state index contributed by atoms with van der Waals surface area (Å²) in [5.41, 5.74) is 4.91. The van der Waals surface area contributed by atoms with Crippen LogP contribution < -0.4 is 14.7 Å². The lowest BCUT2D eigenvalue weighted by Crippen LogP contribution is -2.37. The van der Waals surface area contributed by atoms with Gasteiger partial charge in [-0.3, -0.25) is 0 Å². The molecule has 136 valence electrons. The SMILES string of the molecule is Cc1cc(N2C=CN(C)[C@H]2C)c(C)c(N2c3nccnc3N(C)[C@@H]2C)c1. The van der Waals surface area contributed by atoms with E-state index in [1.54, 1.807) is 12.4 Å². The monoisotopic (exact) mass is 350 g/mol. The van der Waals surface area contributed by atoms with Crippen LogP contribution in [0.3, 0.4) is 0 Å². The maximum atomic E-state index is 4.63. The Kier molecular flexibility index (Phi) is 3.79. The number of aromatic nitrogens is 2. The van der Waals surface area contributed by atoms with E-state index in [1.807, 2.05) is 0 Å². The van der Waals surface area contributed by atoms with Crippen molar-refractivity contribution in [3.8, 4) is 0 Å². The van der Waals surface area contributed by atoms with Gasteiger partial charge in [0, 0.05) is 50.3 Å². The van der Waals surface area contributed by atoms with Gasteiger partial charge in [-0.1, -0.05) is 0 Å². The van der Waals surface area contributed by atoms with Crippen LogP contribution in [0.25, 0.3) is 0 Å². The van der Waals surface area contributed by atoms with Gasteiger partial charge in [-0.05, 0) is 51.0 Å². The predicted molar refractivity (Wildman–Crippen MR) is 107 cm³/mol. The third-order valence-electron chi connectivity index (χ3n) is 5.65. The van der Waals surface area contributed by atoms with Gasteiger partial charge in [0.25, 0.3) is 0 Å². The van der Waals surface area contributed by atoms with E-state index in [2.05, 4.69) is 95.9 Å². The van der Waals surface area contributed by atoms with Crippen molar-refractivity contribution < 1.29 is 0 Å². The highest BCUT2D eigenvalue weighted by Crippen LogP contribution is 2.44. The standard InChI is InChI=1S/C20H26N6/c1-13-11-17(25-10-9-23(5)15(25)3)14(2)18(12-13)26-16(4)24(6)19-20(26)22-8-7-21-19/h7-12,15-16H,1-6H3/t15-,16+/m1/s1. The summed E-state index contributed by atoms with van der Waals surface area (Å²) >= 11 is 0. The highest BCUT2D eigenvalue weighted by molar-refractivity contribution is 5.82. The molecule has 0 aliphatic carbocycles. The van der Waals surface area contributed by atoms with Gasteiger partial charge >= 0.3 is 0 Å². The Morgan fingerprint density at radius 2 is 1.50 bits per heavy atom. The summed E-state index contributed by atoms with van der Waals surface area (Å²) in [6, 6.07) is 4.52. The summed E-state index contributed by atoms with van der Waals surface area (Å²) in [6.07, 6.45) is 8.27. The van der Waals surface area contributed by atoms with E-state index in [-0.39, 0.29) is 6.17 Å². The molecule has 3 heterocycles. The number of rotatable bonds is 2. The van der Waals surface area contributed by atoms with Crippen LogP contribution in [0.2, 0.25) is 0 Å². The van der Waals surface area contributed by atoms with Crippen LogP contribution in [0.4, 0.5) is 23.0 Å². The van der Waals surface area contributed by atoms with Gasteiger partial charge in [0.05, 0.1) is 0 Å². The number of aryl methyl sites for hydroxylation is 1.